The van der Waals surface area contributed by atoms with E-state index in [9.17, 15) is 4.79 Å². The Labute approximate surface area is 287 Å². The smallest absolute Gasteiger partial charge is 0.308 e. The molecular weight excluding hydrogens is 645 g/mol. The summed E-state index contributed by atoms with van der Waals surface area (Å²) in [6, 6.07) is 0. The zero-order valence-corrected chi connectivity index (χ0v) is 37.2. The van der Waals surface area contributed by atoms with Crippen molar-refractivity contribution >= 4 is 39.0 Å². The fourth-order valence-corrected chi connectivity index (χ4v) is 9.70. The minimum Gasteiger partial charge on any atom is -0.469 e. The molecule has 1 unspecified atom stereocenters. The highest BCUT2D eigenvalue weighted by atomic mass is 28.4. The van der Waals surface area contributed by atoms with Crippen LogP contribution in [-0.4, -0.2) is 88.8 Å². The third-order valence-corrected chi connectivity index (χ3v) is 25.8. The maximum atomic E-state index is 12.4. The molecule has 2 saturated heterocycles. The first kappa shape index (κ1) is 42.0. The monoisotopic (exact) mass is 716 g/mol. The van der Waals surface area contributed by atoms with Gasteiger partial charge in [-0.3, -0.25) is 4.79 Å². The lowest BCUT2D eigenvalue weighted by molar-refractivity contribution is -0.266. The topological polar surface area (TPSA) is 72.5 Å². The number of hydrogen-bond acceptors (Lipinski definition) is 7. The molecule has 0 aromatic rings. The first-order chi connectivity index (χ1) is 20.4. The molecule has 0 N–H and O–H groups in total. The Kier molecular flexibility index (Phi) is 13.4. The van der Waals surface area contributed by atoms with Crippen LogP contribution < -0.4 is 0 Å². The van der Waals surface area contributed by atoms with Gasteiger partial charge in [0.05, 0.1) is 39.9 Å². The summed E-state index contributed by atoms with van der Waals surface area (Å²) in [4.78, 5) is 12.4. The number of hydrogen-bond donors (Lipinski definition) is 0. The fourth-order valence-electron chi connectivity index (χ4n) is 5.08. The van der Waals surface area contributed by atoms with E-state index >= 15 is 0 Å². The van der Waals surface area contributed by atoms with Crippen molar-refractivity contribution in [1.82, 2.24) is 0 Å². The van der Waals surface area contributed by atoms with E-state index in [0.29, 0.717) is 0 Å². The van der Waals surface area contributed by atoms with Crippen LogP contribution >= 0.6 is 0 Å². The van der Waals surface area contributed by atoms with Crippen molar-refractivity contribution < 1.29 is 32.3 Å². The van der Waals surface area contributed by atoms with Crippen molar-refractivity contribution in [3.8, 4) is 0 Å². The molecule has 270 valence electrons. The van der Waals surface area contributed by atoms with Crippen LogP contribution in [0.1, 0.15) is 81.6 Å². The Morgan fingerprint density at radius 3 is 1.65 bits per heavy atom. The second-order valence-electron chi connectivity index (χ2n) is 19.5. The summed E-state index contributed by atoms with van der Waals surface area (Å²) in [7, 11) is -7.01. The quantitative estimate of drug-likeness (QED) is 0.156. The molecule has 2 fully saturated rings. The van der Waals surface area contributed by atoms with E-state index in [-0.39, 0.29) is 64.1 Å². The van der Waals surface area contributed by atoms with E-state index < -0.39 is 39.1 Å². The number of esters is 1. The summed E-state index contributed by atoms with van der Waals surface area (Å²) in [5.41, 5.74) is 2.40. The normalized spacial score (nSPS) is 28.2. The van der Waals surface area contributed by atoms with Crippen molar-refractivity contribution in [1.29, 1.82) is 0 Å². The molecule has 0 radical (unpaired) electrons. The number of rotatable bonds is 11. The molecule has 2 rings (SSSR count). The summed E-state index contributed by atoms with van der Waals surface area (Å²) in [6.07, 6.45) is 1.77. The lowest BCUT2D eigenvalue weighted by atomic mass is 9.87. The molecule has 0 aliphatic carbocycles. The van der Waals surface area contributed by atoms with Crippen LogP contribution in [0.25, 0.3) is 0 Å². The molecule has 2 aliphatic rings. The van der Waals surface area contributed by atoms with Crippen LogP contribution in [0.5, 0.6) is 0 Å². The summed E-state index contributed by atoms with van der Waals surface area (Å²) in [5, 5.41) is -0.0231. The third kappa shape index (κ3) is 10.7. The Morgan fingerprint density at radius 2 is 1.22 bits per heavy atom. The van der Waals surface area contributed by atoms with Crippen molar-refractivity contribution in [2.24, 2.45) is 0 Å². The van der Waals surface area contributed by atoms with Gasteiger partial charge in [0.15, 0.2) is 25.0 Å². The Balaban J connectivity index is 2.82. The van der Waals surface area contributed by atoms with Gasteiger partial charge in [0.1, 0.15) is 24.4 Å². The zero-order chi connectivity index (χ0) is 35.9. The minimum atomic E-state index is -2.34. The van der Waals surface area contributed by atoms with Gasteiger partial charge in [-0.25, -0.2) is 0 Å². The molecule has 0 bridgehead atoms. The Morgan fingerprint density at radius 1 is 0.739 bits per heavy atom. The fraction of sp³-hybridized carbons (Fsp3) is 0.914. The van der Waals surface area contributed by atoms with Crippen LogP contribution in [0.2, 0.25) is 74.0 Å². The highest BCUT2D eigenvalue weighted by Crippen LogP contribution is 2.47. The molecule has 2 heterocycles. The predicted octanol–water partition coefficient (Wildman–Crippen LogP) is 9.47. The average molecular weight is 717 g/mol. The van der Waals surface area contributed by atoms with Crippen LogP contribution in [0.15, 0.2) is 11.8 Å². The van der Waals surface area contributed by atoms with Gasteiger partial charge in [-0.2, -0.15) is 0 Å². The first-order valence-electron chi connectivity index (χ1n) is 17.5. The molecule has 0 aromatic carbocycles. The highest BCUT2D eigenvalue weighted by Gasteiger charge is 2.57. The molecule has 46 heavy (non-hydrogen) atoms. The van der Waals surface area contributed by atoms with Gasteiger partial charge in [0, 0.05) is 0 Å². The molecule has 7 nitrogen and oxygen atoms in total. The maximum absolute atomic E-state index is 12.4. The summed E-state index contributed by atoms with van der Waals surface area (Å²) >= 11 is 0. The number of fused-ring (bicyclic) bond motifs is 1. The molecular formula is C35H72O7Si4. The molecule has 0 saturated carbocycles. The van der Waals surface area contributed by atoms with Crippen molar-refractivity contribution in [3.05, 3.63) is 11.8 Å². The predicted molar refractivity (Wildman–Crippen MR) is 202 cm³/mol. The van der Waals surface area contributed by atoms with Crippen molar-refractivity contribution in [2.45, 2.75) is 198 Å². The van der Waals surface area contributed by atoms with Gasteiger partial charge in [-0.15, -0.1) is 0 Å². The van der Waals surface area contributed by atoms with Crippen molar-refractivity contribution in [2.75, 3.05) is 7.11 Å². The van der Waals surface area contributed by atoms with Gasteiger partial charge in [0.2, 0.25) is 0 Å². The van der Waals surface area contributed by atoms with E-state index in [4.69, 9.17) is 27.5 Å². The minimum absolute atomic E-state index is 0.0211. The largest absolute Gasteiger partial charge is 0.469 e. The number of carbonyl (C=O) groups is 1. The molecule has 2 aliphatic heterocycles. The van der Waals surface area contributed by atoms with E-state index in [1.807, 2.05) is 0 Å². The lowest BCUT2D eigenvalue weighted by Crippen LogP contribution is -2.69. The van der Waals surface area contributed by atoms with Crippen LogP contribution in [0, 0.1) is 0 Å². The maximum Gasteiger partial charge on any atom is 0.308 e. The van der Waals surface area contributed by atoms with Crippen LogP contribution in [0.4, 0.5) is 0 Å². The summed E-state index contributed by atoms with van der Waals surface area (Å²) in [5.74, 6) is -0.256. The standard InChI is InChI=1S/C35H72O7Si4/c1-33(2,3)44(14,15)40-27(22-23-43(11,12)13)30-32(42-46(18,19)35(7,8)9)31(41-45(16,17)34(4,5)6)29-26(39-30)21-20-25(38-29)24-28(36)37-10/h22-23,25-27,29-32H,20-21,24H2,1-19H3/b23-22+/t25?,26-,27-,29-,30-,31-,32+/m0/s1. The van der Waals surface area contributed by atoms with Gasteiger partial charge in [-0.05, 0) is 67.2 Å². The van der Waals surface area contributed by atoms with E-state index in [1.165, 1.54) is 7.11 Å². The molecule has 0 amide bonds. The number of ether oxygens (including phenoxy) is 3. The SMILES string of the molecule is COC(=O)CC1CC[C@@H]2O[C@@H]([C@H](/C=C/[Si](C)(C)C)O[Si](C)(C)C(C)(C)C)[C@@H](O[Si](C)(C)C(C)(C)C)[C@@H](O[Si](C)(C)C(C)(C)C)[C@H]2O1. The molecule has 0 spiro atoms. The van der Waals surface area contributed by atoms with E-state index in [1.54, 1.807) is 0 Å². The zero-order valence-electron chi connectivity index (χ0n) is 33.2. The summed E-state index contributed by atoms with van der Waals surface area (Å²) < 4.78 is 41.3. The Hall–Kier alpha value is -0.122. The van der Waals surface area contributed by atoms with Crippen molar-refractivity contribution in [3.63, 3.8) is 0 Å². The number of carbonyl (C=O) groups excluding carboxylic acids is 1. The molecule has 0 aromatic heterocycles. The highest BCUT2D eigenvalue weighted by molar-refractivity contribution is 6.81. The average Bonchev–Trinajstić information content (AvgIpc) is 2.85. The van der Waals surface area contributed by atoms with Gasteiger partial charge < -0.3 is 27.5 Å². The second kappa shape index (κ2) is 14.6. The van der Waals surface area contributed by atoms with Gasteiger partial charge in [-0.1, -0.05) is 93.7 Å². The lowest BCUT2D eigenvalue weighted by Gasteiger charge is -2.56. The second-order valence-corrected chi connectivity index (χ2v) is 38.8. The third-order valence-electron chi connectivity index (χ3n) is 11.2. The van der Waals surface area contributed by atoms with E-state index in [0.717, 1.165) is 12.8 Å². The number of methoxy groups -OCH3 is 1. The van der Waals surface area contributed by atoms with Gasteiger partial charge in [0.25, 0.3) is 0 Å². The van der Waals surface area contributed by atoms with E-state index in [2.05, 4.69) is 133 Å². The van der Waals surface area contributed by atoms with Gasteiger partial charge >= 0.3 is 5.97 Å². The molecule has 7 atom stereocenters. The first-order valence-corrected chi connectivity index (χ1v) is 29.8. The molecule has 11 heteroatoms. The summed E-state index contributed by atoms with van der Waals surface area (Å²) in [6.45, 7) is 41.5. The van der Waals surface area contributed by atoms with Crippen LogP contribution in [-0.2, 0) is 32.3 Å². The van der Waals surface area contributed by atoms with Crippen LogP contribution in [0.3, 0.4) is 0 Å². The Bertz CT molecular complexity index is 1050.